The monoisotopic (exact) mass is 752 g/mol. The van der Waals surface area contributed by atoms with Crippen LogP contribution in [0.5, 0.6) is 0 Å². The van der Waals surface area contributed by atoms with Gasteiger partial charge in [0.15, 0.2) is 12.5 Å². The lowest BCUT2D eigenvalue weighted by Gasteiger charge is -2.38. The number of rotatable bonds is 20. The summed E-state index contributed by atoms with van der Waals surface area (Å²) in [4.78, 5) is 56.6. The average molecular weight is 753 g/mol. The number of hydrogen-bond acceptors (Lipinski definition) is 13. The molecule has 0 bridgehead atoms. The Morgan fingerprint density at radius 1 is 0.925 bits per heavy atom. The van der Waals surface area contributed by atoms with Crippen LogP contribution in [0.25, 0.3) is 0 Å². The maximum Gasteiger partial charge on any atom is 0.330 e. The molecule has 2 fully saturated rings. The van der Waals surface area contributed by atoms with Crippen LogP contribution in [0.2, 0.25) is 0 Å². The molecule has 10 atom stereocenters. The van der Waals surface area contributed by atoms with Gasteiger partial charge in [-0.05, 0) is 19.5 Å². The molecule has 53 heavy (non-hydrogen) atoms. The first-order chi connectivity index (χ1) is 25.4. The van der Waals surface area contributed by atoms with Crippen molar-refractivity contribution in [2.24, 2.45) is 5.73 Å². The molecule has 17 nitrogen and oxygen atoms in total. The van der Waals surface area contributed by atoms with E-state index in [0.717, 1.165) is 42.5 Å². The Kier molecular flexibility index (Phi) is 16.6. The van der Waals surface area contributed by atoms with Gasteiger partial charge in [-0.1, -0.05) is 77.6 Å². The minimum absolute atomic E-state index is 0.0677. The van der Waals surface area contributed by atoms with Gasteiger partial charge in [0, 0.05) is 38.9 Å². The van der Waals surface area contributed by atoms with Gasteiger partial charge in [-0.3, -0.25) is 28.8 Å². The normalized spacial score (nSPS) is 30.0. The number of aromatic amines is 1. The van der Waals surface area contributed by atoms with Crippen molar-refractivity contribution in [3.05, 3.63) is 44.9 Å². The summed E-state index contributed by atoms with van der Waals surface area (Å²) >= 11 is 0. The summed E-state index contributed by atoms with van der Waals surface area (Å²) < 4.78 is 18.7. The second-order valence-electron chi connectivity index (χ2n) is 14.4. The number of carbonyl (C=O) groups excluding carboxylic acids is 2. The summed E-state index contributed by atoms with van der Waals surface area (Å²) in [5.41, 5.74) is 4.19. The third-order valence-corrected chi connectivity index (χ3v) is 10.4. The second kappa shape index (κ2) is 20.6. The maximum absolute atomic E-state index is 14.2. The zero-order valence-corrected chi connectivity index (χ0v) is 31.2. The smallest absolute Gasteiger partial charge is 0.330 e. The van der Waals surface area contributed by atoms with E-state index in [9.17, 15) is 39.6 Å². The van der Waals surface area contributed by atoms with Crippen molar-refractivity contribution >= 4 is 11.8 Å². The summed E-state index contributed by atoms with van der Waals surface area (Å²) in [6.07, 6.45) is 3.41. The lowest BCUT2D eigenvalue weighted by molar-refractivity contribution is -0.232. The highest BCUT2D eigenvalue weighted by Gasteiger charge is 2.55. The summed E-state index contributed by atoms with van der Waals surface area (Å²) in [6, 6.07) is -0.267. The number of nitrogens with two attached hydrogens (primary N) is 1. The zero-order chi connectivity index (χ0) is 38.7. The van der Waals surface area contributed by atoms with Gasteiger partial charge in [-0.25, -0.2) is 4.79 Å². The van der Waals surface area contributed by atoms with E-state index in [0.29, 0.717) is 6.54 Å². The number of ether oxygens (including phenoxy) is 3. The van der Waals surface area contributed by atoms with Crippen LogP contribution in [0, 0.1) is 0 Å². The van der Waals surface area contributed by atoms with Gasteiger partial charge in [0.05, 0.1) is 0 Å². The van der Waals surface area contributed by atoms with E-state index in [1.54, 1.807) is 18.0 Å². The highest BCUT2D eigenvalue weighted by molar-refractivity contribution is 5.99. The number of amides is 2. The standard InChI is InChI=1S/C36H60N6O11/c1-4-5-6-7-8-9-10-11-12-13-14-15-18-38-32(48)22-16-19-40(2)25(33(49)41(22)3)30(53-35-29(47)26(44)23(21-37)51-35)31-27(45)28(46)34(52-31)42-20-17-24(43)39-36(42)50/h16-17,20,23,25-31,34-35,44-47H,4-15,18-19,21,37H2,1-3H3,(H,38,48)(H,39,43,50)/t23-,25+,26-,27+,28-,29-,30+,31+,34-,35+/m1/s1. The number of aromatic nitrogens is 2. The largest absolute Gasteiger partial charge is 0.387 e. The molecule has 4 heterocycles. The molecule has 300 valence electrons. The Labute approximate surface area is 310 Å². The number of hydrogen-bond donors (Lipinski definition) is 7. The van der Waals surface area contributed by atoms with Crippen LogP contribution in [0.4, 0.5) is 0 Å². The van der Waals surface area contributed by atoms with Gasteiger partial charge in [-0.2, -0.15) is 0 Å². The lowest BCUT2D eigenvalue weighted by atomic mass is 9.97. The molecular formula is C36H60N6O11. The Morgan fingerprint density at radius 3 is 2.13 bits per heavy atom. The quantitative estimate of drug-likeness (QED) is 0.0826. The number of carbonyl (C=O) groups is 2. The van der Waals surface area contributed by atoms with Crippen molar-refractivity contribution in [2.75, 3.05) is 33.7 Å². The average Bonchev–Trinajstić information content (AvgIpc) is 3.54. The van der Waals surface area contributed by atoms with Crippen molar-refractivity contribution < 1.29 is 44.2 Å². The van der Waals surface area contributed by atoms with Gasteiger partial charge < -0.3 is 50.6 Å². The number of likely N-dealkylation sites (N-methyl/N-ethyl adjacent to an activating group) is 2. The van der Waals surface area contributed by atoms with Gasteiger partial charge in [0.1, 0.15) is 54.5 Å². The molecule has 4 rings (SSSR count). The number of aliphatic hydroxyl groups excluding tert-OH is 4. The van der Waals surface area contributed by atoms with Crippen LogP contribution in [0.1, 0.15) is 90.2 Å². The third kappa shape index (κ3) is 10.8. The highest BCUT2D eigenvalue weighted by Crippen LogP contribution is 2.36. The number of unbranched alkanes of at least 4 members (excludes halogenated alkanes) is 11. The molecule has 3 aliphatic rings. The van der Waals surface area contributed by atoms with Crippen molar-refractivity contribution in [2.45, 2.75) is 145 Å². The topological polar surface area (TPSA) is 242 Å². The predicted octanol–water partition coefficient (Wildman–Crippen LogP) is -0.580. The number of aliphatic hydroxyl groups is 4. The van der Waals surface area contributed by atoms with Gasteiger partial charge >= 0.3 is 5.69 Å². The van der Waals surface area contributed by atoms with Crippen LogP contribution in [-0.4, -0.2) is 140 Å². The molecule has 8 N–H and O–H groups in total. The first-order valence-electron chi connectivity index (χ1n) is 19.1. The number of nitrogens with one attached hydrogen (secondary N) is 2. The van der Waals surface area contributed by atoms with E-state index >= 15 is 0 Å². The van der Waals surface area contributed by atoms with Gasteiger partial charge in [0.2, 0.25) is 5.91 Å². The Bertz CT molecular complexity index is 1470. The summed E-state index contributed by atoms with van der Waals surface area (Å²) in [7, 11) is 3.01. The fourth-order valence-corrected chi connectivity index (χ4v) is 7.20. The van der Waals surface area contributed by atoms with Gasteiger partial charge in [-0.15, -0.1) is 0 Å². The van der Waals surface area contributed by atoms with Crippen molar-refractivity contribution in [1.29, 1.82) is 0 Å². The molecule has 1 aromatic rings. The summed E-state index contributed by atoms with van der Waals surface area (Å²) in [6.45, 7) is 2.57. The summed E-state index contributed by atoms with van der Waals surface area (Å²) in [5, 5.41) is 46.5. The molecule has 2 saturated heterocycles. The number of H-pyrrole nitrogens is 1. The number of nitrogens with zero attached hydrogens (tertiary/aromatic N) is 3. The zero-order valence-electron chi connectivity index (χ0n) is 31.2. The van der Waals surface area contributed by atoms with Crippen LogP contribution in [0.15, 0.2) is 33.6 Å². The molecule has 3 aliphatic heterocycles. The SMILES string of the molecule is CCCCCCCCCCCCCCNC(=O)C1=CCN(C)[C@@H]([C@H](O[C@@H]2O[C@H](CN)[C@@H](O)[C@H]2O)[C@H]2O[C@@H](n3ccc(=O)[nH]c3=O)[C@H](O)[C@@H]2O)C(=O)N1C. The highest BCUT2D eigenvalue weighted by atomic mass is 16.7. The van der Waals surface area contributed by atoms with E-state index < -0.39 is 84.4 Å². The van der Waals surface area contributed by atoms with Crippen molar-refractivity contribution in [1.82, 2.24) is 24.7 Å². The molecule has 0 saturated carbocycles. The Hall–Kier alpha value is -3.00. The molecule has 0 aliphatic carbocycles. The molecule has 0 radical (unpaired) electrons. The van der Waals surface area contributed by atoms with Crippen molar-refractivity contribution in [3.63, 3.8) is 0 Å². The molecule has 0 spiro atoms. The van der Waals surface area contributed by atoms with Crippen LogP contribution < -0.4 is 22.3 Å². The lowest BCUT2D eigenvalue weighted by Crippen LogP contribution is -2.59. The van der Waals surface area contributed by atoms with Crippen molar-refractivity contribution in [3.8, 4) is 0 Å². The Balaban J connectivity index is 1.41. The van der Waals surface area contributed by atoms with E-state index in [4.69, 9.17) is 19.9 Å². The molecule has 2 amide bonds. The minimum atomic E-state index is -1.75. The van der Waals surface area contributed by atoms with Gasteiger partial charge in [0.25, 0.3) is 11.5 Å². The van der Waals surface area contributed by atoms with E-state index in [-0.39, 0.29) is 18.8 Å². The van der Waals surface area contributed by atoms with Crippen LogP contribution in [-0.2, 0) is 23.8 Å². The fourth-order valence-electron chi connectivity index (χ4n) is 7.20. The molecule has 0 aromatic carbocycles. The van der Waals surface area contributed by atoms with Crippen LogP contribution in [0.3, 0.4) is 0 Å². The van der Waals surface area contributed by atoms with E-state index in [2.05, 4.69) is 17.2 Å². The molecular weight excluding hydrogens is 692 g/mol. The maximum atomic E-state index is 14.2. The fraction of sp³-hybridized carbons (Fsp3) is 0.778. The predicted molar refractivity (Wildman–Crippen MR) is 193 cm³/mol. The second-order valence-corrected chi connectivity index (χ2v) is 14.4. The third-order valence-electron chi connectivity index (χ3n) is 10.4. The first-order valence-corrected chi connectivity index (χ1v) is 19.1. The first kappa shape index (κ1) is 42.7. The summed E-state index contributed by atoms with van der Waals surface area (Å²) in [5.74, 6) is -1.08. The molecule has 0 unspecified atom stereocenters. The minimum Gasteiger partial charge on any atom is -0.387 e. The van der Waals surface area contributed by atoms with E-state index in [1.165, 1.54) is 63.3 Å². The van der Waals surface area contributed by atoms with E-state index in [1.807, 2.05) is 0 Å². The van der Waals surface area contributed by atoms with Crippen LogP contribution >= 0.6 is 0 Å². The molecule has 17 heteroatoms. The Morgan fingerprint density at radius 2 is 1.55 bits per heavy atom. The molecule has 1 aromatic heterocycles.